The largest absolute Gasteiger partial charge is 0.435 e. The summed E-state index contributed by atoms with van der Waals surface area (Å²) in [5.41, 5.74) is 6.59. The molecule has 0 spiro atoms. The molecule has 0 saturated heterocycles. The van der Waals surface area contributed by atoms with Gasteiger partial charge in [-0.1, -0.05) is 6.07 Å². The van der Waals surface area contributed by atoms with Crippen LogP contribution >= 0.6 is 0 Å². The number of nitrogens with two attached hydrogens (primary N) is 1. The molecule has 2 aromatic heterocycles. The molecule has 1 aliphatic heterocycles. The number of alkyl halides is 3. The molecule has 0 aliphatic carbocycles. The third kappa shape index (κ3) is 3.03. The van der Waals surface area contributed by atoms with E-state index in [9.17, 15) is 13.2 Å². The maximum atomic E-state index is 13.6. The average molecular weight is 375 g/mol. The lowest BCUT2D eigenvalue weighted by molar-refractivity contribution is -0.142. The molecule has 0 bridgehead atoms. The first kappa shape index (κ1) is 17.8. The van der Waals surface area contributed by atoms with E-state index in [0.717, 1.165) is 5.39 Å². The molecule has 0 radical (unpaired) electrons. The van der Waals surface area contributed by atoms with Gasteiger partial charge in [0.1, 0.15) is 5.82 Å². The molecule has 2 N–H and O–H groups in total. The summed E-state index contributed by atoms with van der Waals surface area (Å²) < 4.78 is 42.1. The van der Waals surface area contributed by atoms with Crippen molar-refractivity contribution in [3.63, 3.8) is 0 Å². The van der Waals surface area contributed by atoms with E-state index in [0.29, 0.717) is 47.7 Å². The molecule has 4 rings (SSSR count). The van der Waals surface area contributed by atoms with Gasteiger partial charge >= 0.3 is 6.18 Å². The maximum Gasteiger partial charge on any atom is 0.435 e. The number of nitrogen functional groups attached to an aromatic ring is 1. The Morgan fingerprint density at radius 1 is 1.19 bits per heavy atom. The van der Waals surface area contributed by atoms with Gasteiger partial charge < -0.3 is 5.73 Å². The van der Waals surface area contributed by atoms with Gasteiger partial charge in [0, 0.05) is 36.3 Å². The van der Waals surface area contributed by atoms with E-state index in [1.54, 1.807) is 18.3 Å². The molecular formula is C19H20F3N5. The van der Waals surface area contributed by atoms with Crippen molar-refractivity contribution in [2.75, 3.05) is 12.3 Å². The Hall–Kier alpha value is -2.61. The molecule has 142 valence electrons. The fourth-order valence-corrected chi connectivity index (χ4v) is 3.63. The number of halogens is 3. The number of anilines is 1. The second kappa shape index (κ2) is 6.23. The van der Waals surface area contributed by atoms with Crippen molar-refractivity contribution < 1.29 is 13.2 Å². The topological polar surface area (TPSA) is 60.0 Å². The van der Waals surface area contributed by atoms with E-state index in [1.807, 2.05) is 26.0 Å². The van der Waals surface area contributed by atoms with Gasteiger partial charge in [0.05, 0.1) is 11.4 Å². The summed E-state index contributed by atoms with van der Waals surface area (Å²) in [4.78, 5) is 6.22. The first-order chi connectivity index (χ1) is 12.8. The van der Waals surface area contributed by atoms with Crippen LogP contribution in [0.25, 0.3) is 16.5 Å². The van der Waals surface area contributed by atoms with E-state index in [4.69, 9.17) is 5.73 Å². The van der Waals surface area contributed by atoms with Crippen LogP contribution in [-0.2, 0) is 19.1 Å². The smallest absolute Gasteiger partial charge is 0.383 e. The van der Waals surface area contributed by atoms with Crippen molar-refractivity contribution in [1.29, 1.82) is 0 Å². The number of aromatic nitrogens is 3. The van der Waals surface area contributed by atoms with Crippen LogP contribution in [0.1, 0.15) is 30.8 Å². The van der Waals surface area contributed by atoms with Gasteiger partial charge in [-0.25, -0.2) is 9.67 Å². The normalized spacial score (nSPS) is 15.5. The van der Waals surface area contributed by atoms with Crippen LogP contribution in [0.2, 0.25) is 0 Å². The predicted molar refractivity (Wildman–Crippen MR) is 97.5 cm³/mol. The molecule has 1 aliphatic rings. The Labute approximate surface area is 154 Å². The third-order valence-electron chi connectivity index (χ3n) is 5.12. The van der Waals surface area contributed by atoms with Crippen LogP contribution < -0.4 is 5.73 Å². The summed E-state index contributed by atoms with van der Waals surface area (Å²) in [5, 5.41) is 5.55. The molecule has 3 heterocycles. The van der Waals surface area contributed by atoms with Gasteiger partial charge in [0.25, 0.3) is 0 Å². The molecule has 0 atom stereocenters. The molecule has 0 amide bonds. The quantitative estimate of drug-likeness (QED) is 0.740. The van der Waals surface area contributed by atoms with Crippen LogP contribution in [0.5, 0.6) is 0 Å². The zero-order valence-corrected chi connectivity index (χ0v) is 15.1. The number of hydrogen-bond acceptors (Lipinski definition) is 4. The van der Waals surface area contributed by atoms with Crippen LogP contribution in [0.3, 0.4) is 0 Å². The average Bonchev–Trinajstić information content (AvgIpc) is 3.01. The third-order valence-corrected chi connectivity index (χ3v) is 5.12. The van der Waals surface area contributed by atoms with Crippen LogP contribution in [0.15, 0.2) is 30.5 Å². The summed E-state index contributed by atoms with van der Waals surface area (Å²) in [6.45, 7) is 5.10. The predicted octanol–water partition coefficient (Wildman–Crippen LogP) is 3.79. The van der Waals surface area contributed by atoms with E-state index in [-0.39, 0.29) is 6.04 Å². The lowest BCUT2D eigenvalue weighted by Crippen LogP contribution is -2.36. The minimum absolute atomic E-state index is 0.243. The van der Waals surface area contributed by atoms with E-state index in [2.05, 4.69) is 15.0 Å². The van der Waals surface area contributed by atoms with Crippen molar-refractivity contribution in [2.24, 2.45) is 0 Å². The van der Waals surface area contributed by atoms with Gasteiger partial charge in [0.15, 0.2) is 5.69 Å². The van der Waals surface area contributed by atoms with Gasteiger partial charge in [-0.2, -0.15) is 18.3 Å². The highest BCUT2D eigenvalue weighted by molar-refractivity contribution is 5.92. The standard InChI is InChI=1S/C19H20F3N5/c1-11(2)26-8-6-14-16(10-26)27(25-17(14)19(20,21)22)13-4-3-12-5-7-24-18(23)15(12)9-13/h3-5,7,9,11H,6,8,10H2,1-2H3,(H2,23,24). The summed E-state index contributed by atoms with van der Waals surface area (Å²) in [6, 6.07) is 7.40. The van der Waals surface area contributed by atoms with Crippen molar-refractivity contribution in [1.82, 2.24) is 19.7 Å². The zero-order chi connectivity index (χ0) is 19.3. The molecule has 1 aromatic carbocycles. The van der Waals surface area contributed by atoms with Gasteiger partial charge in [-0.05, 0) is 43.9 Å². The van der Waals surface area contributed by atoms with Crippen molar-refractivity contribution >= 4 is 16.6 Å². The van der Waals surface area contributed by atoms with Gasteiger partial charge in [0.2, 0.25) is 0 Å². The fourth-order valence-electron chi connectivity index (χ4n) is 3.63. The molecule has 5 nitrogen and oxygen atoms in total. The summed E-state index contributed by atoms with van der Waals surface area (Å²) in [7, 11) is 0. The van der Waals surface area contributed by atoms with Crippen LogP contribution in [-0.4, -0.2) is 32.3 Å². The van der Waals surface area contributed by atoms with E-state index in [1.165, 1.54) is 4.68 Å². The van der Waals surface area contributed by atoms with E-state index >= 15 is 0 Å². The number of hydrogen-bond donors (Lipinski definition) is 1. The monoisotopic (exact) mass is 375 g/mol. The zero-order valence-electron chi connectivity index (χ0n) is 15.1. The van der Waals surface area contributed by atoms with Crippen molar-refractivity contribution in [3.8, 4) is 5.69 Å². The minimum atomic E-state index is -4.48. The Morgan fingerprint density at radius 2 is 1.96 bits per heavy atom. The summed E-state index contributed by atoms with van der Waals surface area (Å²) in [5.74, 6) is 0.343. The van der Waals surface area contributed by atoms with Gasteiger partial charge in [-0.3, -0.25) is 4.90 Å². The molecule has 0 fully saturated rings. The second-order valence-electron chi connectivity index (χ2n) is 7.10. The first-order valence-electron chi connectivity index (χ1n) is 8.82. The second-order valence-corrected chi connectivity index (χ2v) is 7.10. The summed E-state index contributed by atoms with van der Waals surface area (Å²) >= 11 is 0. The van der Waals surface area contributed by atoms with E-state index < -0.39 is 11.9 Å². The fraction of sp³-hybridized carbons (Fsp3) is 0.368. The van der Waals surface area contributed by atoms with Crippen LogP contribution in [0.4, 0.5) is 19.0 Å². The Bertz CT molecular complexity index is 1010. The molecule has 0 saturated carbocycles. The first-order valence-corrected chi connectivity index (χ1v) is 8.82. The van der Waals surface area contributed by atoms with Gasteiger partial charge in [-0.15, -0.1) is 0 Å². The van der Waals surface area contributed by atoms with Crippen LogP contribution in [0, 0.1) is 0 Å². The number of fused-ring (bicyclic) bond motifs is 2. The lowest BCUT2D eigenvalue weighted by Gasteiger charge is -2.31. The number of nitrogens with zero attached hydrogens (tertiary/aromatic N) is 4. The number of rotatable bonds is 2. The SMILES string of the molecule is CC(C)N1CCc2c(C(F)(F)F)nn(-c3ccc4ccnc(N)c4c3)c2C1. The van der Waals surface area contributed by atoms with Crippen molar-refractivity contribution in [3.05, 3.63) is 47.4 Å². The molecule has 27 heavy (non-hydrogen) atoms. The highest BCUT2D eigenvalue weighted by atomic mass is 19.4. The highest BCUT2D eigenvalue weighted by Crippen LogP contribution is 2.36. The Morgan fingerprint density at radius 3 is 2.67 bits per heavy atom. The molecule has 0 unspecified atom stereocenters. The van der Waals surface area contributed by atoms with Crippen molar-refractivity contribution in [2.45, 2.75) is 39.0 Å². The summed E-state index contributed by atoms with van der Waals surface area (Å²) in [6.07, 6.45) is -2.54. The number of benzene rings is 1. The lowest BCUT2D eigenvalue weighted by atomic mass is 10.0. The molecule has 8 heteroatoms. The Kier molecular flexibility index (Phi) is 4.10. The highest BCUT2D eigenvalue weighted by Gasteiger charge is 2.40. The maximum absolute atomic E-state index is 13.6. The minimum Gasteiger partial charge on any atom is -0.383 e. The molecule has 3 aromatic rings. The molecular weight excluding hydrogens is 355 g/mol. The Balaban J connectivity index is 1.90. The number of pyridine rings is 1.